The van der Waals surface area contributed by atoms with Crippen LogP contribution in [0.15, 0.2) is 65.5 Å². The molecule has 1 aromatic heterocycles. The first-order valence-electron chi connectivity index (χ1n) is 11.8. The Hall–Kier alpha value is -3.21. The zero-order valence-electron chi connectivity index (χ0n) is 20.0. The molecule has 3 aromatic carbocycles. The number of thiazole rings is 1. The predicted octanol–water partition coefficient (Wildman–Crippen LogP) is 2.82. The van der Waals surface area contributed by atoms with Crippen molar-refractivity contribution < 1.29 is 20.1 Å². The van der Waals surface area contributed by atoms with Crippen molar-refractivity contribution in [2.45, 2.75) is 31.7 Å². The quantitative estimate of drug-likeness (QED) is 0.128. The number of para-hydroxylation sites is 1. The van der Waals surface area contributed by atoms with Crippen LogP contribution in [-0.2, 0) is 19.4 Å². The number of nitrogens with one attached hydrogen (secondary N) is 3. The third-order valence-corrected chi connectivity index (χ3v) is 6.99. The van der Waals surface area contributed by atoms with Gasteiger partial charge in [0.2, 0.25) is 0 Å². The van der Waals surface area contributed by atoms with Crippen molar-refractivity contribution in [2.75, 3.05) is 20.2 Å². The molecule has 4 rings (SSSR count). The molecule has 0 spiro atoms. The van der Waals surface area contributed by atoms with E-state index < -0.39 is 12.3 Å². The normalized spacial score (nSPS) is 13.1. The number of H-pyrrole nitrogens is 1. The minimum Gasteiger partial charge on any atom is -0.506 e. The number of methoxy groups -OCH3 is 1. The van der Waals surface area contributed by atoms with Crippen LogP contribution in [-0.4, -0.2) is 46.7 Å². The summed E-state index contributed by atoms with van der Waals surface area (Å²) in [5.41, 5.74) is 4.12. The van der Waals surface area contributed by atoms with Crippen LogP contribution in [0.3, 0.4) is 0 Å². The Bertz CT molecular complexity index is 1350. The van der Waals surface area contributed by atoms with Gasteiger partial charge in [0.25, 0.3) is 0 Å². The van der Waals surface area contributed by atoms with Crippen molar-refractivity contribution in [2.24, 2.45) is 0 Å². The SMILES string of the molecule is COc1ccccc1CNCCc1cccc(CCNC(O)C(O)c2ccc(O)c3[nH]c(=O)sc23)c1. The summed E-state index contributed by atoms with van der Waals surface area (Å²) < 4.78 is 5.82. The van der Waals surface area contributed by atoms with Crippen LogP contribution in [0, 0.1) is 0 Å². The average Bonchev–Trinajstić information content (AvgIpc) is 3.29. The summed E-state index contributed by atoms with van der Waals surface area (Å²) in [7, 11) is 1.68. The molecule has 0 radical (unpaired) electrons. The van der Waals surface area contributed by atoms with Gasteiger partial charge in [0.05, 0.1) is 11.8 Å². The van der Waals surface area contributed by atoms with Gasteiger partial charge in [-0.25, -0.2) is 0 Å². The third-order valence-electron chi connectivity index (χ3n) is 6.06. The second-order valence-electron chi connectivity index (χ2n) is 8.54. The average molecular weight is 510 g/mol. The van der Waals surface area contributed by atoms with E-state index in [0.29, 0.717) is 23.2 Å². The van der Waals surface area contributed by atoms with E-state index in [-0.39, 0.29) is 16.1 Å². The maximum Gasteiger partial charge on any atom is 0.305 e. The van der Waals surface area contributed by atoms with Gasteiger partial charge in [0.1, 0.15) is 29.3 Å². The van der Waals surface area contributed by atoms with Gasteiger partial charge in [-0.3, -0.25) is 10.1 Å². The number of hydrogen-bond donors (Lipinski definition) is 6. The highest BCUT2D eigenvalue weighted by Crippen LogP contribution is 2.32. The molecule has 0 saturated carbocycles. The highest BCUT2D eigenvalue weighted by atomic mass is 32.1. The van der Waals surface area contributed by atoms with Crippen molar-refractivity contribution in [3.05, 3.63) is 92.6 Å². The van der Waals surface area contributed by atoms with E-state index in [2.05, 4.69) is 33.8 Å². The van der Waals surface area contributed by atoms with E-state index in [1.165, 1.54) is 17.7 Å². The Morgan fingerprint density at radius 1 is 1.00 bits per heavy atom. The molecule has 2 atom stereocenters. The van der Waals surface area contributed by atoms with Crippen molar-refractivity contribution >= 4 is 21.6 Å². The second kappa shape index (κ2) is 12.2. The summed E-state index contributed by atoms with van der Waals surface area (Å²) in [6, 6.07) is 19.2. The summed E-state index contributed by atoms with van der Waals surface area (Å²) in [6.45, 7) is 2.02. The van der Waals surface area contributed by atoms with E-state index in [4.69, 9.17) is 4.74 Å². The predicted molar refractivity (Wildman–Crippen MR) is 142 cm³/mol. The van der Waals surface area contributed by atoms with Crippen molar-refractivity contribution in [1.29, 1.82) is 0 Å². The molecule has 0 amide bonds. The number of aliphatic hydroxyl groups is 2. The Morgan fingerprint density at radius 2 is 1.75 bits per heavy atom. The zero-order valence-corrected chi connectivity index (χ0v) is 20.8. The number of aromatic amines is 1. The topological polar surface area (TPSA) is 127 Å². The lowest BCUT2D eigenvalue weighted by atomic mass is 10.0. The van der Waals surface area contributed by atoms with Crippen LogP contribution in [0.4, 0.5) is 0 Å². The molecule has 190 valence electrons. The molecule has 9 heteroatoms. The van der Waals surface area contributed by atoms with E-state index in [1.54, 1.807) is 7.11 Å². The van der Waals surface area contributed by atoms with Gasteiger partial charge in [-0.1, -0.05) is 59.9 Å². The van der Waals surface area contributed by atoms with E-state index in [9.17, 15) is 20.1 Å². The maximum absolute atomic E-state index is 11.7. The fourth-order valence-electron chi connectivity index (χ4n) is 4.16. The largest absolute Gasteiger partial charge is 0.506 e. The molecule has 0 bridgehead atoms. The number of fused-ring (bicyclic) bond motifs is 1. The van der Waals surface area contributed by atoms with Gasteiger partial charge >= 0.3 is 4.87 Å². The molecule has 4 aromatic rings. The van der Waals surface area contributed by atoms with Gasteiger partial charge in [-0.05, 0) is 42.6 Å². The Kier molecular flexibility index (Phi) is 8.74. The second-order valence-corrected chi connectivity index (χ2v) is 9.53. The number of aromatic hydroxyl groups is 1. The van der Waals surface area contributed by atoms with E-state index in [0.717, 1.165) is 47.7 Å². The molecular formula is C27H31N3O5S. The molecule has 8 nitrogen and oxygen atoms in total. The number of benzene rings is 3. The lowest BCUT2D eigenvalue weighted by Crippen LogP contribution is -2.36. The van der Waals surface area contributed by atoms with Gasteiger partial charge in [0, 0.05) is 24.2 Å². The Balaban J connectivity index is 1.26. The van der Waals surface area contributed by atoms with Gasteiger partial charge in [-0.2, -0.15) is 0 Å². The number of phenolic OH excluding ortho intramolecular Hbond substituents is 1. The summed E-state index contributed by atoms with van der Waals surface area (Å²) in [5.74, 6) is 0.808. The lowest BCUT2D eigenvalue weighted by molar-refractivity contribution is -0.00168. The molecule has 0 saturated heterocycles. The Labute approximate surface area is 213 Å². The van der Waals surface area contributed by atoms with Crippen molar-refractivity contribution in [1.82, 2.24) is 15.6 Å². The van der Waals surface area contributed by atoms with Crippen LogP contribution in [0.2, 0.25) is 0 Å². The van der Waals surface area contributed by atoms with Crippen LogP contribution in [0.1, 0.15) is 28.4 Å². The molecule has 0 aliphatic rings. The minimum atomic E-state index is -1.25. The monoisotopic (exact) mass is 509 g/mol. The van der Waals surface area contributed by atoms with Gasteiger partial charge in [0.15, 0.2) is 0 Å². The number of hydrogen-bond acceptors (Lipinski definition) is 8. The number of ether oxygens (including phenoxy) is 1. The third kappa shape index (κ3) is 6.31. The molecule has 6 N–H and O–H groups in total. The maximum atomic E-state index is 11.7. The number of phenols is 1. The van der Waals surface area contributed by atoms with E-state index in [1.807, 2.05) is 30.3 Å². The minimum absolute atomic E-state index is 0.0726. The first-order chi connectivity index (χ1) is 17.5. The van der Waals surface area contributed by atoms with Gasteiger partial charge in [-0.15, -0.1) is 0 Å². The van der Waals surface area contributed by atoms with Gasteiger partial charge < -0.3 is 30.4 Å². The Morgan fingerprint density at radius 3 is 2.53 bits per heavy atom. The lowest BCUT2D eigenvalue weighted by Gasteiger charge is -2.20. The van der Waals surface area contributed by atoms with E-state index >= 15 is 0 Å². The molecule has 0 aliphatic heterocycles. The molecule has 36 heavy (non-hydrogen) atoms. The summed E-state index contributed by atoms with van der Waals surface area (Å²) >= 11 is 0.888. The number of aromatic nitrogens is 1. The van der Waals surface area contributed by atoms with Crippen LogP contribution >= 0.6 is 11.3 Å². The van der Waals surface area contributed by atoms with Crippen LogP contribution in [0.5, 0.6) is 11.5 Å². The number of rotatable bonds is 12. The van der Waals surface area contributed by atoms with Crippen molar-refractivity contribution in [3.8, 4) is 11.5 Å². The highest BCUT2D eigenvalue weighted by Gasteiger charge is 2.22. The summed E-state index contributed by atoms with van der Waals surface area (Å²) in [4.78, 5) is 13.9. The summed E-state index contributed by atoms with van der Waals surface area (Å²) in [6.07, 6.45) is -0.916. The fourth-order valence-corrected chi connectivity index (χ4v) is 5.07. The smallest absolute Gasteiger partial charge is 0.305 e. The molecule has 1 heterocycles. The van der Waals surface area contributed by atoms with Crippen LogP contribution < -0.4 is 20.2 Å². The zero-order chi connectivity index (χ0) is 25.5. The molecule has 0 aliphatic carbocycles. The first kappa shape index (κ1) is 25.9. The van der Waals surface area contributed by atoms with Crippen LogP contribution in [0.25, 0.3) is 10.2 Å². The highest BCUT2D eigenvalue weighted by molar-refractivity contribution is 7.16. The number of aliphatic hydroxyl groups excluding tert-OH is 2. The molecule has 0 fully saturated rings. The first-order valence-corrected chi connectivity index (χ1v) is 12.6. The molecular weight excluding hydrogens is 478 g/mol. The van der Waals surface area contributed by atoms with Crippen molar-refractivity contribution in [3.63, 3.8) is 0 Å². The summed E-state index contributed by atoms with van der Waals surface area (Å²) in [5, 5.41) is 37.5. The molecule has 2 unspecified atom stereocenters. The fraction of sp³-hybridized carbons (Fsp3) is 0.296. The standard InChI is InChI=1S/C27H31N3O5S/c1-35-22-8-3-2-7-19(22)16-28-13-11-17-5-4-6-18(15-17)12-14-29-26(33)24(32)20-9-10-21(31)23-25(20)36-27(34)30-23/h2-10,15,24,26,28-29,31-33H,11-14,16H2,1H3,(H,30,34).